The molecule has 2 aromatic rings. The van der Waals surface area contributed by atoms with Crippen LogP contribution in [0.2, 0.25) is 0 Å². The van der Waals surface area contributed by atoms with Gasteiger partial charge >= 0.3 is 0 Å². The first-order valence-corrected chi connectivity index (χ1v) is 6.31. The van der Waals surface area contributed by atoms with Gasteiger partial charge in [0.2, 0.25) is 5.91 Å². The first-order valence-electron chi connectivity index (χ1n) is 6.31. The number of benzene rings is 1. The van der Waals surface area contributed by atoms with E-state index in [0.29, 0.717) is 0 Å². The average molecular weight is 258 g/mol. The molecular weight excluding hydrogens is 240 g/mol. The molecule has 0 radical (unpaired) electrons. The van der Waals surface area contributed by atoms with E-state index >= 15 is 0 Å². The van der Waals surface area contributed by atoms with E-state index in [4.69, 9.17) is 0 Å². The topological polar surface area (TPSA) is 59.0 Å². The number of amides is 1. The van der Waals surface area contributed by atoms with E-state index in [1.54, 1.807) is 6.20 Å². The van der Waals surface area contributed by atoms with Gasteiger partial charge in [0.1, 0.15) is 0 Å². The summed E-state index contributed by atoms with van der Waals surface area (Å²) in [6.07, 6.45) is 6.57. The van der Waals surface area contributed by atoms with Gasteiger partial charge in [-0.3, -0.25) is 4.79 Å². The molecule has 1 heterocycles. The van der Waals surface area contributed by atoms with Crippen molar-refractivity contribution >= 4 is 17.3 Å². The summed E-state index contributed by atoms with van der Waals surface area (Å²) in [5, 5.41) is 6.10. The standard InChI is InChI=1S/C14H18N4O/c1-12(19)17-14-5-2-4-13(10-14)16-6-3-8-18-9-7-15-11-18/h2,4-5,7,9-11,16H,3,6,8H2,1H3,(H,17,19). The minimum atomic E-state index is -0.0581. The van der Waals surface area contributed by atoms with Crippen molar-refractivity contribution in [2.45, 2.75) is 19.9 Å². The molecule has 0 fully saturated rings. The third kappa shape index (κ3) is 4.46. The summed E-state index contributed by atoms with van der Waals surface area (Å²) in [6.45, 7) is 3.32. The third-order valence-corrected chi connectivity index (χ3v) is 2.66. The Balaban J connectivity index is 1.77. The van der Waals surface area contributed by atoms with Gasteiger partial charge in [-0.2, -0.15) is 0 Å². The van der Waals surface area contributed by atoms with E-state index in [-0.39, 0.29) is 5.91 Å². The first-order chi connectivity index (χ1) is 9.24. The lowest BCUT2D eigenvalue weighted by Gasteiger charge is -2.09. The highest BCUT2D eigenvalue weighted by molar-refractivity contribution is 5.89. The Hall–Kier alpha value is -2.30. The summed E-state index contributed by atoms with van der Waals surface area (Å²) in [5.41, 5.74) is 1.82. The quantitative estimate of drug-likeness (QED) is 0.782. The van der Waals surface area contributed by atoms with Gasteiger partial charge in [0, 0.05) is 43.8 Å². The molecule has 2 rings (SSSR count). The number of carbonyl (C=O) groups is 1. The number of hydrogen-bond donors (Lipinski definition) is 2. The second-order valence-corrected chi connectivity index (χ2v) is 4.34. The van der Waals surface area contributed by atoms with E-state index < -0.39 is 0 Å². The third-order valence-electron chi connectivity index (χ3n) is 2.66. The monoisotopic (exact) mass is 258 g/mol. The van der Waals surface area contributed by atoms with Crippen LogP contribution in [-0.2, 0) is 11.3 Å². The Morgan fingerprint density at radius 3 is 2.95 bits per heavy atom. The summed E-state index contributed by atoms with van der Waals surface area (Å²) in [6, 6.07) is 7.71. The zero-order valence-corrected chi connectivity index (χ0v) is 11.0. The predicted octanol–water partition coefficient (Wildman–Crippen LogP) is 2.34. The zero-order valence-electron chi connectivity index (χ0n) is 11.0. The largest absolute Gasteiger partial charge is 0.385 e. The van der Waals surface area contributed by atoms with Crippen molar-refractivity contribution in [2.75, 3.05) is 17.2 Å². The number of imidazole rings is 1. The second kappa shape index (κ2) is 6.58. The van der Waals surface area contributed by atoms with Gasteiger partial charge < -0.3 is 15.2 Å². The predicted molar refractivity (Wildman–Crippen MR) is 76.1 cm³/mol. The van der Waals surface area contributed by atoms with E-state index in [1.807, 2.05) is 36.8 Å². The van der Waals surface area contributed by atoms with Crippen LogP contribution in [0.3, 0.4) is 0 Å². The Morgan fingerprint density at radius 2 is 2.21 bits per heavy atom. The molecule has 0 aliphatic heterocycles. The van der Waals surface area contributed by atoms with Crippen molar-refractivity contribution in [1.82, 2.24) is 9.55 Å². The van der Waals surface area contributed by atoms with Crippen LogP contribution in [0, 0.1) is 0 Å². The highest BCUT2D eigenvalue weighted by atomic mass is 16.1. The number of anilines is 2. The molecule has 1 aromatic carbocycles. The van der Waals surface area contributed by atoms with Crippen LogP contribution in [0.15, 0.2) is 43.0 Å². The van der Waals surface area contributed by atoms with Crippen molar-refractivity contribution in [3.8, 4) is 0 Å². The summed E-state index contributed by atoms with van der Waals surface area (Å²) in [4.78, 5) is 15.0. The molecule has 0 saturated heterocycles. The molecular formula is C14H18N4O. The molecule has 0 atom stereocenters. The zero-order chi connectivity index (χ0) is 13.5. The molecule has 0 unspecified atom stereocenters. The summed E-state index contributed by atoms with van der Waals surface area (Å²) in [5.74, 6) is -0.0581. The summed E-state index contributed by atoms with van der Waals surface area (Å²) >= 11 is 0. The Bertz CT molecular complexity index is 522. The fourth-order valence-corrected chi connectivity index (χ4v) is 1.82. The highest BCUT2D eigenvalue weighted by Crippen LogP contribution is 2.14. The van der Waals surface area contributed by atoms with Crippen LogP contribution >= 0.6 is 0 Å². The molecule has 19 heavy (non-hydrogen) atoms. The second-order valence-electron chi connectivity index (χ2n) is 4.34. The molecule has 1 aromatic heterocycles. The van der Waals surface area contributed by atoms with Gasteiger partial charge in [0.05, 0.1) is 6.33 Å². The fourth-order valence-electron chi connectivity index (χ4n) is 1.82. The maximum atomic E-state index is 11.0. The van der Waals surface area contributed by atoms with E-state index in [1.165, 1.54) is 6.92 Å². The smallest absolute Gasteiger partial charge is 0.221 e. The average Bonchev–Trinajstić information content (AvgIpc) is 2.87. The van der Waals surface area contributed by atoms with E-state index in [9.17, 15) is 4.79 Å². The highest BCUT2D eigenvalue weighted by Gasteiger charge is 1.97. The van der Waals surface area contributed by atoms with Crippen LogP contribution in [0.25, 0.3) is 0 Å². The van der Waals surface area contributed by atoms with E-state index in [2.05, 4.69) is 20.2 Å². The molecule has 0 saturated carbocycles. The van der Waals surface area contributed by atoms with Crippen LogP contribution in [-0.4, -0.2) is 22.0 Å². The van der Waals surface area contributed by atoms with Gasteiger partial charge in [-0.05, 0) is 24.6 Å². The van der Waals surface area contributed by atoms with Gasteiger partial charge in [0.15, 0.2) is 0 Å². The Morgan fingerprint density at radius 1 is 1.37 bits per heavy atom. The number of rotatable bonds is 6. The molecule has 0 aliphatic carbocycles. The molecule has 2 N–H and O–H groups in total. The van der Waals surface area contributed by atoms with Gasteiger partial charge in [-0.1, -0.05) is 6.07 Å². The minimum Gasteiger partial charge on any atom is -0.385 e. The lowest BCUT2D eigenvalue weighted by atomic mass is 10.2. The molecule has 5 heteroatoms. The van der Waals surface area contributed by atoms with Crippen molar-refractivity contribution in [2.24, 2.45) is 0 Å². The van der Waals surface area contributed by atoms with Crippen molar-refractivity contribution < 1.29 is 4.79 Å². The Kier molecular flexibility index (Phi) is 4.55. The maximum absolute atomic E-state index is 11.0. The summed E-state index contributed by atoms with van der Waals surface area (Å²) < 4.78 is 2.05. The number of nitrogens with one attached hydrogen (secondary N) is 2. The van der Waals surface area contributed by atoms with Crippen molar-refractivity contribution in [3.63, 3.8) is 0 Å². The lowest BCUT2D eigenvalue weighted by Crippen LogP contribution is -2.08. The molecule has 0 aliphatic rings. The molecule has 100 valence electrons. The number of aromatic nitrogens is 2. The molecule has 1 amide bonds. The van der Waals surface area contributed by atoms with Crippen molar-refractivity contribution in [1.29, 1.82) is 0 Å². The van der Waals surface area contributed by atoms with Gasteiger partial charge in [0.25, 0.3) is 0 Å². The Labute approximate surface area is 112 Å². The van der Waals surface area contributed by atoms with E-state index in [0.717, 1.165) is 30.9 Å². The van der Waals surface area contributed by atoms with Crippen molar-refractivity contribution in [3.05, 3.63) is 43.0 Å². The van der Waals surface area contributed by atoms with Crippen LogP contribution in [0.4, 0.5) is 11.4 Å². The number of aryl methyl sites for hydroxylation is 1. The van der Waals surface area contributed by atoms with Crippen LogP contribution < -0.4 is 10.6 Å². The molecule has 0 spiro atoms. The minimum absolute atomic E-state index is 0.0581. The lowest BCUT2D eigenvalue weighted by molar-refractivity contribution is -0.114. The van der Waals surface area contributed by atoms with Crippen LogP contribution in [0.5, 0.6) is 0 Å². The SMILES string of the molecule is CC(=O)Nc1cccc(NCCCn2ccnc2)c1. The number of hydrogen-bond acceptors (Lipinski definition) is 3. The van der Waals surface area contributed by atoms with Crippen LogP contribution in [0.1, 0.15) is 13.3 Å². The molecule has 0 bridgehead atoms. The van der Waals surface area contributed by atoms with Gasteiger partial charge in [-0.15, -0.1) is 0 Å². The number of nitrogens with zero attached hydrogens (tertiary/aromatic N) is 2. The number of carbonyl (C=O) groups excluding carboxylic acids is 1. The summed E-state index contributed by atoms with van der Waals surface area (Å²) in [7, 11) is 0. The molecule has 5 nitrogen and oxygen atoms in total. The fraction of sp³-hybridized carbons (Fsp3) is 0.286. The maximum Gasteiger partial charge on any atom is 0.221 e. The normalized spacial score (nSPS) is 10.2. The first kappa shape index (κ1) is 13.1. The van der Waals surface area contributed by atoms with Gasteiger partial charge in [-0.25, -0.2) is 4.98 Å².